The van der Waals surface area contributed by atoms with Gasteiger partial charge >= 0.3 is 0 Å². The zero-order valence-corrected chi connectivity index (χ0v) is 17.3. The number of carbonyl (C=O) groups excluding carboxylic acids is 1. The fraction of sp³-hybridized carbons (Fsp3) is 0.600. The standard InChI is InChI=1S/C20H30N6O/c1-13-10-14(2)22-20(21-13)26-16(4)18(15(3)23-26)11-19(27)25-9-7-8-17(25)12-24(5)6/h10,17H,7-9,11-12H2,1-6H3/t17-/m0/s1. The molecule has 0 radical (unpaired) electrons. The van der Waals surface area contributed by atoms with Crippen LogP contribution in [0.15, 0.2) is 6.07 Å². The molecule has 0 unspecified atom stereocenters. The SMILES string of the molecule is Cc1cc(C)nc(-n2nc(C)c(CC(=O)N3CCC[C@H]3CN(C)C)c2C)n1. The Labute approximate surface area is 161 Å². The Balaban J connectivity index is 1.83. The van der Waals surface area contributed by atoms with Crippen molar-refractivity contribution in [3.05, 3.63) is 34.4 Å². The van der Waals surface area contributed by atoms with Gasteiger partial charge in [0, 0.05) is 41.8 Å². The average molecular weight is 371 g/mol. The second kappa shape index (κ2) is 7.76. The minimum Gasteiger partial charge on any atom is -0.338 e. The van der Waals surface area contributed by atoms with Gasteiger partial charge in [-0.1, -0.05) is 0 Å². The van der Waals surface area contributed by atoms with Crippen LogP contribution in [0.3, 0.4) is 0 Å². The molecule has 2 aromatic heterocycles. The van der Waals surface area contributed by atoms with Crippen LogP contribution < -0.4 is 0 Å². The monoisotopic (exact) mass is 370 g/mol. The number of carbonyl (C=O) groups is 1. The topological polar surface area (TPSA) is 67.2 Å². The molecule has 0 aliphatic carbocycles. The molecule has 1 fully saturated rings. The van der Waals surface area contributed by atoms with Crippen LogP contribution in [-0.2, 0) is 11.2 Å². The Bertz CT molecular complexity index is 821. The Hall–Kier alpha value is -2.28. The van der Waals surface area contributed by atoms with Gasteiger partial charge in [0.05, 0.1) is 12.1 Å². The third-order valence-corrected chi connectivity index (χ3v) is 5.20. The molecule has 0 bridgehead atoms. The van der Waals surface area contributed by atoms with Crippen LogP contribution >= 0.6 is 0 Å². The Morgan fingerprint density at radius 2 is 1.85 bits per heavy atom. The smallest absolute Gasteiger partial charge is 0.251 e. The first kappa shape index (κ1) is 19.5. The van der Waals surface area contributed by atoms with Gasteiger partial charge in [-0.3, -0.25) is 4.79 Å². The number of hydrogen-bond acceptors (Lipinski definition) is 5. The van der Waals surface area contributed by atoms with Gasteiger partial charge in [0.2, 0.25) is 5.91 Å². The maximum atomic E-state index is 13.0. The summed E-state index contributed by atoms with van der Waals surface area (Å²) in [4.78, 5) is 26.2. The molecule has 1 atom stereocenters. The van der Waals surface area contributed by atoms with E-state index in [2.05, 4.69) is 34.1 Å². The summed E-state index contributed by atoms with van der Waals surface area (Å²) in [6.07, 6.45) is 2.54. The molecule has 1 aliphatic rings. The van der Waals surface area contributed by atoms with E-state index in [-0.39, 0.29) is 5.91 Å². The predicted octanol–water partition coefficient (Wildman–Crippen LogP) is 1.99. The molecule has 7 heteroatoms. The minimum atomic E-state index is 0.187. The molecule has 0 saturated carbocycles. The predicted molar refractivity (Wildman–Crippen MR) is 105 cm³/mol. The highest BCUT2D eigenvalue weighted by molar-refractivity contribution is 5.80. The van der Waals surface area contributed by atoms with Gasteiger partial charge in [0.1, 0.15) is 0 Å². The van der Waals surface area contributed by atoms with Crippen molar-refractivity contribution in [3.63, 3.8) is 0 Å². The Morgan fingerprint density at radius 3 is 2.48 bits per heavy atom. The van der Waals surface area contributed by atoms with Crippen molar-refractivity contribution in [2.24, 2.45) is 0 Å². The van der Waals surface area contributed by atoms with Gasteiger partial charge in [-0.05, 0) is 60.7 Å². The maximum Gasteiger partial charge on any atom is 0.251 e. The van der Waals surface area contributed by atoms with Crippen molar-refractivity contribution in [1.82, 2.24) is 29.5 Å². The molecule has 0 N–H and O–H groups in total. The van der Waals surface area contributed by atoms with E-state index >= 15 is 0 Å². The van der Waals surface area contributed by atoms with Gasteiger partial charge in [-0.2, -0.15) is 5.10 Å². The Morgan fingerprint density at radius 1 is 1.19 bits per heavy atom. The molecule has 1 saturated heterocycles. The van der Waals surface area contributed by atoms with E-state index in [1.165, 1.54) is 0 Å². The van der Waals surface area contributed by atoms with Gasteiger partial charge in [-0.25, -0.2) is 14.6 Å². The van der Waals surface area contributed by atoms with Crippen molar-refractivity contribution in [2.45, 2.75) is 53.0 Å². The maximum absolute atomic E-state index is 13.0. The lowest BCUT2D eigenvalue weighted by atomic mass is 10.1. The molecule has 2 aromatic rings. The fourth-order valence-electron chi connectivity index (χ4n) is 3.96. The molecular formula is C20H30N6O. The summed E-state index contributed by atoms with van der Waals surface area (Å²) in [5, 5.41) is 4.62. The van der Waals surface area contributed by atoms with Gasteiger partial charge in [-0.15, -0.1) is 0 Å². The average Bonchev–Trinajstić information content (AvgIpc) is 3.13. The fourth-order valence-corrected chi connectivity index (χ4v) is 3.96. The number of aryl methyl sites for hydroxylation is 3. The van der Waals surface area contributed by atoms with Crippen LogP contribution in [0.4, 0.5) is 0 Å². The van der Waals surface area contributed by atoms with E-state index in [9.17, 15) is 4.79 Å². The summed E-state index contributed by atoms with van der Waals surface area (Å²) in [6, 6.07) is 2.25. The minimum absolute atomic E-state index is 0.187. The van der Waals surface area contributed by atoms with Crippen molar-refractivity contribution >= 4 is 5.91 Å². The lowest BCUT2D eigenvalue weighted by Gasteiger charge is -2.27. The van der Waals surface area contributed by atoms with Crippen LogP contribution in [0.25, 0.3) is 5.95 Å². The summed E-state index contributed by atoms with van der Waals surface area (Å²) in [5.41, 5.74) is 4.61. The third-order valence-electron chi connectivity index (χ3n) is 5.20. The lowest BCUT2D eigenvalue weighted by Crippen LogP contribution is -2.42. The second-order valence-corrected chi connectivity index (χ2v) is 7.83. The number of rotatable bonds is 5. The number of likely N-dealkylation sites (tertiary alicyclic amines) is 1. The molecule has 0 spiro atoms. The van der Waals surface area contributed by atoms with Crippen LogP contribution in [0.5, 0.6) is 0 Å². The van der Waals surface area contributed by atoms with E-state index in [1.54, 1.807) is 4.68 Å². The van der Waals surface area contributed by atoms with Gasteiger partial charge < -0.3 is 9.80 Å². The molecular weight excluding hydrogens is 340 g/mol. The first-order valence-corrected chi connectivity index (χ1v) is 9.58. The van der Waals surface area contributed by atoms with Crippen molar-refractivity contribution < 1.29 is 4.79 Å². The molecule has 3 rings (SSSR count). The van der Waals surface area contributed by atoms with Crippen LogP contribution in [-0.4, -0.2) is 68.7 Å². The summed E-state index contributed by atoms with van der Waals surface area (Å²) in [6.45, 7) is 9.61. The van der Waals surface area contributed by atoms with E-state index in [4.69, 9.17) is 0 Å². The largest absolute Gasteiger partial charge is 0.338 e. The quantitative estimate of drug-likeness (QED) is 0.805. The van der Waals surface area contributed by atoms with Gasteiger partial charge in [0.15, 0.2) is 0 Å². The highest BCUT2D eigenvalue weighted by Gasteiger charge is 2.30. The van der Waals surface area contributed by atoms with E-state index in [1.807, 2.05) is 38.7 Å². The number of hydrogen-bond donors (Lipinski definition) is 0. The van der Waals surface area contributed by atoms with Crippen molar-refractivity contribution in [2.75, 3.05) is 27.2 Å². The molecule has 1 aliphatic heterocycles. The summed E-state index contributed by atoms with van der Waals surface area (Å²) in [5.74, 6) is 0.755. The Kier molecular flexibility index (Phi) is 5.60. The van der Waals surface area contributed by atoms with Crippen molar-refractivity contribution in [3.8, 4) is 5.95 Å². The third kappa shape index (κ3) is 4.18. The summed E-state index contributed by atoms with van der Waals surface area (Å²) < 4.78 is 1.76. The number of amides is 1. The van der Waals surface area contributed by atoms with Crippen LogP contribution in [0.1, 0.15) is 41.2 Å². The van der Waals surface area contributed by atoms with E-state index in [0.29, 0.717) is 18.4 Å². The van der Waals surface area contributed by atoms with Crippen LogP contribution in [0, 0.1) is 27.7 Å². The molecule has 3 heterocycles. The molecule has 146 valence electrons. The van der Waals surface area contributed by atoms with Gasteiger partial charge in [0.25, 0.3) is 5.95 Å². The zero-order chi connectivity index (χ0) is 19.7. The molecule has 0 aromatic carbocycles. The van der Waals surface area contributed by atoms with E-state index in [0.717, 1.165) is 54.3 Å². The molecule has 1 amide bonds. The lowest BCUT2D eigenvalue weighted by molar-refractivity contribution is -0.131. The number of nitrogens with zero attached hydrogens (tertiary/aromatic N) is 6. The highest BCUT2D eigenvalue weighted by atomic mass is 16.2. The normalized spacial score (nSPS) is 17.1. The first-order valence-electron chi connectivity index (χ1n) is 9.58. The summed E-state index contributed by atoms with van der Waals surface area (Å²) in [7, 11) is 4.12. The highest BCUT2D eigenvalue weighted by Crippen LogP contribution is 2.22. The number of likely N-dealkylation sites (N-methyl/N-ethyl adjacent to an activating group) is 1. The second-order valence-electron chi connectivity index (χ2n) is 7.83. The van der Waals surface area contributed by atoms with E-state index < -0.39 is 0 Å². The van der Waals surface area contributed by atoms with Crippen LogP contribution in [0.2, 0.25) is 0 Å². The van der Waals surface area contributed by atoms with Crippen molar-refractivity contribution in [1.29, 1.82) is 0 Å². The summed E-state index contributed by atoms with van der Waals surface area (Å²) >= 11 is 0. The first-order chi connectivity index (χ1) is 12.8. The number of aromatic nitrogens is 4. The molecule has 27 heavy (non-hydrogen) atoms. The zero-order valence-electron chi connectivity index (χ0n) is 17.3. The molecule has 7 nitrogen and oxygen atoms in total.